The second-order valence-corrected chi connectivity index (χ2v) is 9.12. The van der Waals surface area contributed by atoms with Crippen LogP contribution in [0.1, 0.15) is 28.8 Å². The Hall–Kier alpha value is -2.96. The van der Waals surface area contributed by atoms with Gasteiger partial charge in [-0.25, -0.2) is 4.98 Å². The summed E-state index contributed by atoms with van der Waals surface area (Å²) in [6.07, 6.45) is 4.40. The van der Waals surface area contributed by atoms with Gasteiger partial charge in [0.1, 0.15) is 0 Å². The number of likely N-dealkylation sites (tertiary alicyclic amines) is 1. The topological polar surface area (TPSA) is 52.8 Å². The van der Waals surface area contributed by atoms with Crippen LogP contribution in [0.25, 0.3) is 22.8 Å². The maximum Gasteiger partial charge on any atom is 0.254 e. The number of piperazine rings is 1. The standard InChI is InChI=1S/C27H32N4O2/c1-21-8-10-22(11-9-21)25-20-28-26(33-25)23-6-2-3-7-24(23)27(32)31-18-16-30(17-19-31)15-14-29-12-4-5-13-29/h2-3,6-11,20H,4-5,12-19H2,1H3. The maximum absolute atomic E-state index is 13.4. The van der Waals surface area contributed by atoms with Gasteiger partial charge < -0.3 is 14.2 Å². The first-order valence-corrected chi connectivity index (χ1v) is 12.0. The molecule has 2 aromatic carbocycles. The predicted octanol–water partition coefficient (Wildman–Crippen LogP) is 4.17. The SMILES string of the molecule is Cc1ccc(-c2cnc(-c3ccccc3C(=O)N3CCN(CCN4CCCC4)CC3)o2)cc1. The van der Waals surface area contributed by atoms with E-state index < -0.39 is 0 Å². The molecular weight excluding hydrogens is 412 g/mol. The normalized spacial score (nSPS) is 17.5. The first-order chi connectivity index (χ1) is 16.2. The van der Waals surface area contributed by atoms with Crippen LogP contribution in [-0.4, -0.2) is 77.9 Å². The zero-order valence-electron chi connectivity index (χ0n) is 19.4. The van der Waals surface area contributed by atoms with Gasteiger partial charge in [0, 0.05) is 50.4 Å². The number of aryl methyl sites for hydroxylation is 1. The van der Waals surface area contributed by atoms with Crippen LogP contribution in [-0.2, 0) is 0 Å². The summed E-state index contributed by atoms with van der Waals surface area (Å²) >= 11 is 0. The van der Waals surface area contributed by atoms with Crippen LogP contribution in [0.2, 0.25) is 0 Å². The molecule has 2 fully saturated rings. The van der Waals surface area contributed by atoms with Gasteiger partial charge in [0.2, 0.25) is 5.89 Å². The van der Waals surface area contributed by atoms with Crippen LogP contribution < -0.4 is 0 Å². The molecule has 6 nitrogen and oxygen atoms in total. The smallest absolute Gasteiger partial charge is 0.254 e. The maximum atomic E-state index is 13.4. The Morgan fingerprint density at radius 1 is 0.879 bits per heavy atom. The third-order valence-electron chi connectivity index (χ3n) is 6.82. The van der Waals surface area contributed by atoms with E-state index in [4.69, 9.17) is 4.42 Å². The Morgan fingerprint density at radius 2 is 1.55 bits per heavy atom. The van der Waals surface area contributed by atoms with Gasteiger partial charge in [0.05, 0.1) is 11.8 Å². The Bertz CT molecular complexity index is 1080. The van der Waals surface area contributed by atoms with Crippen molar-refractivity contribution in [2.24, 2.45) is 0 Å². The Morgan fingerprint density at radius 3 is 2.27 bits per heavy atom. The lowest BCUT2D eigenvalue weighted by Gasteiger charge is -2.35. The van der Waals surface area contributed by atoms with Gasteiger partial charge in [0.25, 0.3) is 5.91 Å². The molecule has 0 spiro atoms. The molecule has 172 valence electrons. The largest absolute Gasteiger partial charge is 0.436 e. The van der Waals surface area contributed by atoms with Crippen LogP contribution in [0.5, 0.6) is 0 Å². The van der Waals surface area contributed by atoms with E-state index >= 15 is 0 Å². The highest BCUT2D eigenvalue weighted by Crippen LogP contribution is 2.29. The molecule has 0 saturated carbocycles. The van der Waals surface area contributed by atoms with Gasteiger partial charge in [-0.2, -0.15) is 0 Å². The van der Waals surface area contributed by atoms with Crippen LogP contribution in [0.3, 0.4) is 0 Å². The molecule has 0 unspecified atom stereocenters. The predicted molar refractivity (Wildman–Crippen MR) is 130 cm³/mol. The van der Waals surface area contributed by atoms with Crippen molar-refractivity contribution in [2.75, 3.05) is 52.4 Å². The molecule has 2 aliphatic heterocycles. The molecule has 2 aliphatic rings. The number of rotatable bonds is 6. The fourth-order valence-electron chi connectivity index (χ4n) is 4.74. The van der Waals surface area contributed by atoms with Gasteiger partial charge in [-0.05, 0) is 45.0 Å². The Kier molecular flexibility index (Phi) is 6.55. The van der Waals surface area contributed by atoms with E-state index in [2.05, 4.69) is 33.8 Å². The minimum atomic E-state index is 0.0554. The Labute approximate surface area is 195 Å². The fraction of sp³-hybridized carbons (Fsp3) is 0.407. The molecule has 0 atom stereocenters. The molecule has 0 aliphatic carbocycles. The van der Waals surface area contributed by atoms with Gasteiger partial charge in [-0.3, -0.25) is 9.69 Å². The molecule has 0 N–H and O–H groups in total. The number of hydrogen-bond acceptors (Lipinski definition) is 5. The Balaban J connectivity index is 1.25. The minimum Gasteiger partial charge on any atom is -0.436 e. The minimum absolute atomic E-state index is 0.0554. The number of hydrogen-bond donors (Lipinski definition) is 0. The number of carbonyl (C=O) groups is 1. The number of carbonyl (C=O) groups excluding carboxylic acids is 1. The van der Waals surface area contributed by atoms with E-state index in [0.29, 0.717) is 17.2 Å². The van der Waals surface area contributed by atoms with Crippen molar-refractivity contribution in [1.29, 1.82) is 0 Å². The highest BCUT2D eigenvalue weighted by atomic mass is 16.4. The summed E-state index contributed by atoms with van der Waals surface area (Å²) in [6.45, 7) is 10.1. The molecule has 6 heteroatoms. The van der Waals surface area contributed by atoms with Crippen molar-refractivity contribution in [3.05, 3.63) is 65.9 Å². The third kappa shape index (κ3) is 5.02. The molecule has 1 amide bonds. The number of benzene rings is 2. The van der Waals surface area contributed by atoms with E-state index in [0.717, 1.165) is 50.4 Å². The van der Waals surface area contributed by atoms with Crippen molar-refractivity contribution in [2.45, 2.75) is 19.8 Å². The van der Waals surface area contributed by atoms with Crippen molar-refractivity contribution in [1.82, 2.24) is 19.7 Å². The lowest BCUT2D eigenvalue weighted by atomic mass is 10.1. The molecular formula is C27H32N4O2. The van der Waals surface area contributed by atoms with Crippen LogP contribution in [0.4, 0.5) is 0 Å². The van der Waals surface area contributed by atoms with Crippen molar-refractivity contribution >= 4 is 5.91 Å². The lowest BCUT2D eigenvalue weighted by Crippen LogP contribution is -2.50. The van der Waals surface area contributed by atoms with E-state index in [1.807, 2.05) is 41.3 Å². The van der Waals surface area contributed by atoms with Crippen LogP contribution in [0.15, 0.2) is 59.1 Å². The van der Waals surface area contributed by atoms with Crippen LogP contribution >= 0.6 is 0 Å². The second kappa shape index (κ2) is 9.89. The number of aromatic nitrogens is 1. The molecule has 3 aromatic rings. The summed E-state index contributed by atoms with van der Waals surface area (Å²) in [7, 11) is 0. The van der Waals surface area contributed by atoms with Gasteiger partial charge in [-0.15, -0.1) is 0 Å². The number of nitrogens with zero attached hydrogens (tertiary/aromatic N) is 4. The third-order valence-corrected chi connectivity index (χ3v) is 6.82. The fourth-order valence-corrected chi connectivity index (χ4v) is 4.74. The quantitative estimate of drug-likeness (QED) is 0.571. The highest BCUT2D eigenvalue weighted by molar-refractivity contribution is 6.00. The molecule has 5 rings (SSSR count). The molecule has 0 bridgehead atoms. The summed E-state index contributed by atoms with van der Waals surface area (Å²) in [6, 6.07) is 15.8. The monoisotopic (exact) mass is 444 g/mol. The summed E-state index contributed by atoms with van der Waals surface area (Å²) in [5.74, 6) is 1.25. The zero-order chi connectivity index (χ0) is 22.6. The highest BCUT2D eigenvalue weighted by Gasteiger charge is 2.25. The second-order valence-electron chi connectivity index (χ2n) is 9.12. The molecule has 3 heterocycles. The van der Waals surface area contributed by atoms with E-state index in [9.17, 15) is 4.79 Å². The average molecular weight is 445 g/mol. The summed E-state index contributed by atoms with van der Waals surface area (Å²) in [4.78, 5) is 24.9. The first-order valence-electron chi connectivity index (χ1n) is 12.0. The molecule has 2 saturated heterocycles. The van der Waals surface area contributed by atoms with E-state index in [-0.39, 0.29) is 5.91 Å². The average Bonchev–Trinajstić information content (AvgIpc) is 3.56. The van der Waals surface area contributed by atoms with Gasteiger partial charge in [0.15, 0.2) is 5.76 Å². The van der Waals surface area contributed by atoms with Crippen molar-refractivity contribution < 1.29 is 9.21 Å². The molecule has 0 radical (unpaired) electrons. The number of oxazole rings is 1. The number of amides is 1. The molecule has 1 aromatic heterocycles. The van der Waals surface area contributed by atoms with Crippen molar-refractivity contribution in [3.8, 4) is 22.8 Å². The van der Waals surface area contributed by atoms with Crippen LogP contribution in [0, 0.1) is 6.92 Å². The lowest BCUT2D eigenvalue weighted by molar-refractivity contribution is 0.0627. The van der Waals surface area contributed by atoms with E-state index in [1.54, 1.807) is 6.20 Å². The summed E-state index contributed by atoms with van der Waals surface area (Å²) < 4.78 is 6.08. The first kappa shape index (κ1) is 21.9. The van der Waals surface area contributed by atoms with Gasteiger partial charge >= 0.3 is 0 Å². The summed E-state index contributed by atoms with van der Waals surface area (Å²) in [5.41, 5.74) is 3.58. The van der Waals surface area contributed by atoms with Crippen molar-refractivity contribution in [3.63, 3.8) is 0 Å². The van der Waals surface area contributed by atoms with Gasteiger partial charge in [-0.1, -0.05) is 42.0 Å². The molecule has 33 heavy (non-hydrogen) atoms. The summed E-state index contributed by atoms with van der Waals surface area (Å²) in [5, 5.41) is 0. The van der Waals surface area contributed by atoms with E-state index in [1.165, 1.54) is 31.5 Å². The zero-order valence-corrected chi connectivity index (χ0v) is 19.4.